The van der Waals surface area contributed by atoms with Crippen LogP contribution < -0.4 is 0 Å². The van der Waals surface area contributed by atoms with Gasteiger partial charge in [0, 0.05) is 6.54 Å². The molecule has 6 nitrogen and oxygen atoms in total. The van der Waals surface area contributed by atoms with E-state index in [0.717, 1.165) is 0 Å². The van der Waals surface area contributed by atoms with E-state index >= 15 is 0 Å². The zero-order chi connectivity index (χ0) is 15.1. The second-order valence-corrected chi connectivity index (χ2v) is 6.61. The number of carboxylic acids is 1. The molecule has 0 bridgehead atoms. The van der Waals surface area contributed by atoms with Crippen LogP contribution in [-0.2, 0) is 9.53 Å². The van der Waals surface area contributed by atoms with Crippen molar-refractivity contribution in [3.8, 4) is 0 Å². The van der Waals surface area contributed by atoms with E-state index in [0.29, 0.717) is 6.54 Å². The van der Waals surface area contributed by atoms with Crippen molar-refractivity contribution in [2.24, 2.45) is 5.41 Å². The second-order valence-electron chi connectivity index (χ2n) is 6.61. The molecule has 1 amide bonds. The number of rotatable bonds is 2. The highest BCUT2D eigenvalue weighted by atomic mass is 16.6. The maximum atomic E-state index is 11.9. The molecule has 0 saturated carbocycles. The number of nitrogens with zero attached hydrogens (tertiary/aromatic N) is 1. The van der Waals surface area contributed by atoms with Crippen LogP contribution in [0, 0.1) is 5.41 Å². The minimum atomic E-state index is -1.43. The molecule has 2 N–H and O–H groups in total. The Hall–Kier alpha value is -1.30. The third-order valence-corrected chi connectivity index (χ3v) is 3.60. The van der Waals surface area contributed by atoms with Crippen molar-refractivity contribution < 1.29 is 24.5 Å². The number of likely N-dealkylation sites (tertiary alicyclic amines) is 1. The highest BCUT2D eigenvalue weighted by Crippen LogP contribution is 2.39. The van der Waals surface area contributed by atoms with Gasteiger partial charge in [-0.3, -0.25) is 4.79 Å². The van der Waals surface area contributed by atoms with Crippen LogP contribution in [0.5, 0.6) is 0 Å². The van der Waals surface area contributed by atoms with Gasteiger partial charge in [0.25, 0.3) is 0 Å². The minimum absolute atomic E-state index is 0.0266. The molecule has 1 heterocycles. The van der Waals surface area contributed by atoms with Crippen molar-refractivity contribution in [3.63, 3.8) is 0 Å². The number of ether oxygens (including phenoxy) is 1. The lowest BCUT2D eigenvalue weighted by Gasteiger charge is -2.36. The van der Waals surface area contributed by atoms with Crippen LogP contribution in [0.4, 0.5) is 4.79 Å². The summed E-state index contributed by atoms with van der Waals surface area (Å²) in [6.45, 7) is 8.47. The number of aliphatic carboxylic acids is 1. The van der Waals surface area contributed by atoms with Crippen LogP contribution >= 0.6 is 0 Å². The molecule has 1 aliphatic rings. The summed E-state index contributed by atoms with van der Waals surface area (Å²) in [5.41, 5.74) is -3.36. The Bertz CT molecular complexity index is 385. The minimum Gasteiger partial charge on any atom is -0.481 e. The Morgan fingerprint density at radius 1 is 1.21 bits per heavy atom. The van der Waals surface area contributed by atoms with E-state index in [9.17, 15) is 19.8 Å². The zero-order valence-electron chi connectivity index (χ0n) is 12.2. The quantitative estimate of drug-likeness (QED) is 0.795. The van der Waals surface area contributed by atoms with Gasteiger partial charge < -0.3 is 19.8 Å². The summed E-state index contributed by atoms with van der Waals surface area (Å²) >= 11 is 0. The molecule has 0 aromatic rings. The molecule has 1 fully saturated rings. The van der Waals surface area contributed by atoms with Crippen molar-refractivity contribution in [1.82, 2.24) is 4.90 Å². The van der Waals surface area contributed by atoms with Crippen molar-refractivity contribution >= 4 is 12.1 Å². The van der Waals surface area contributed by atoms with Gasteiger partial charge in [-0.25, -0.2) is 4.79 Å². The summed E-state index contributed by atoms with van der Waals surface area (Å²) in [5, 5.41) is 19.7. The van der Waals surface area contributed by atoms with E-state index in [-0.39, 0.29) is 13.0 Å². The lowest BCUT2D eigenvalue weighted by Crippen LogP contribution is -2.52. The first-order valence-corrected chi connectivity index (χ1v) is 6.33. The van der Waals surface area contributed by atoms with Crippen LogP contribution in [0.2, 0.25) is 0 Å². The fourth-order valence-electron chi connectivity index (χ4n) is 1.99. The number of carboxylic acid groups (broad SMARTS) is 1. The van der Waals surface area contributed by atoms with E-state index in [1.165, 1.54) is 18.7 Å². The first kappa shape index (κ1) is 15.8. The average Bonchev–Trinajstić information content (AvgIpc) is 2.59. The number of aliphatic hydroxyl groups is 1. The van der Waals surface area contributed by atoms with Crippen LogP contribution in [-0.4, -0.2) is 51.5 Å². The van der Waals surface area contributed by atoms with Crippen LogP contribution in [0.1, 0.15) is 41.0 Å². The van der Waals surface area contributed by atoms with Gasteiger partial charge >= 0.3 is 12.1 Å². The molecule has 0 radical (unpaired) electrons. The Labute approximate surface area is 113 Å². The summed E-state index contributed by atoms with van der Waals surface area (Å²) in [6, 6.07) is 0. The van der Waals surface area contributed by atoms with Crippen molar-refractivity contribution in [2.75, 3.05) is 13.1 Å². The highest BCUT2D eigenvalue weighted by Gasteiger charge is 2.54. The molecular formula is C13H23NO5. The Morgan fingerprint density at radius 3 is 2.16 bits per heavy atom. The number of carbonyl (C=O) groups is 2. The van der Waals surface area contributed by atoms with E-state index in [1.807, 2.05) is 0 Å². The fraction of sp³-hybridized carbons (Fsp3) is 0.846. The topological polar surface area (TPSA) is 87.1 Å². The molecule has 1 aliphatic heterocycles. The molecule has 0 aliphatic carbocycles. The lowest BCUT2D eigenvalue weighted by molar-refractivity contribution is -0.163. The average molecular weight is 273 g/mol. The van der Waals surface area contributed by atoms with E-state index in [4.69, 9.17) is 4.74 Å². The molecule has 110 valence electrons. The Balaban J connectivity index is 2.78. The predicted octanol–water partition coefficient (Wildman–Crippen LogP) is 1.47. The van der Waals surface area contributed by atoms with Gasteiger partial charge in [0.15, 0.2) is 0 Å². The number of β-amino-alcohol motifs (C(OH)–C–C–N with tert-alkyl or cyclic N) is 1. The Kier molecular flexibility index (Phi) is 3.87. The van der Waals surface area contributed by atoms with Crippen molar-refractivity contribution in [2.45, 2.75) is 52.2 Å². The van der Waals surface area contributed by atoms with Crippen LogP contribution in [0.15, 0.2) is 0 Å². The van der Waals surface area contributed by atoms with Gasteiger partial charge in [0.1, 0.15) is 5.60 Å². The molecule has 1 atom stereocenters. The third-order valence-electron chi connectivity index (χ3n) is 3.60. The SMILES string of the molecule is CC(C)(C)OC(=O)N1CCC(O)(C(C)(C)C(=O)O)C1. The summed E-state index contributed by atoms with van der Waals surface area (Å²) in [7, 11) is 0. The third kappa shape index (κ3) is 3.18. The predicted molar refractivity (Wildman–Crippen MR) is 68.8 cm³/mol. The number of amides is 1. The summed E-state index contributed by atoms with van der Waals surface area (Å²) < 4.78 is 5.22. The smallest absolute Gasteiger partial charge is 0.410 e. The van der Waals surface area contributed by atoms with Gasteiger partial charge in [0.2, 0.25) is 0 Å². The van der Waals surface area contributed by atoms with Gasteiger partial charge in [-0.2, -0.15) is 0 Å². The molecule has 0 aromatic carbocycles. The number of hydrogen-bond acceptors (Lipinski definition) is 4. The normalized spacial score (nSPS) is 24.4. The largest absolute Gasteiger partial charge is 0.481 e. The molecular weight excluding hydrogens is 250 g/mol. The van der Waals surface area contributed by atoms with E-state index < -0.39 is 28.7 Å². The number of hydrogen-bond donors (Lipinski definition) is 2. The van der Waals surface area contributed by atoms with E-state index in [1.54, 1.807) is 20.8 Å². The second kappa shape index (κ2) is 4.67. The maximum Gasteiger partial charge on any atom is 0.410 e. The maximum absolute atomic E-state index is 11.9. The van der Waals surface area contributed by atoms with Gasteiger partial charge in [-0.15, -0.1) is 0 Å². The van der Waals surface area contributed by atoms with Crippen molar-refractivity contribution in [3.05, 3.63) is 0 Å². The van der Waals surface area contributed by atoms with Crippen molar-refractivity contribution in [1.29, 1.82) is 0 Å². The highest BCUT2D eigenvalue weighted by molar-refractivity contribution is 5.76. The number of carbonyl (C=O) groups excluding carboxylic acids is 1. The van der Waals surface area contributed by atoms with Gasteiger partial charge in [-0.05, 0) is 41.0 Å². The lowest BCUT2D eigenvalue weighted by atomic mass is 9.74. The zero-order valence-corrected chi connectivity index (χ0v) is 12.2. The first-order chi connectivity index (χ1) is 8.39. The first-order valence-electron chi connectivity index (χ1n) is 6.33. The van der Waals surface area contributed by atoms with Gasteiger partial charge in [0.05, 0.1) is 17.6 Å². The van der Waals surface area contributed by atoms with Gasteiger partial charge in [-0.1, -0.05) is 0 Å². The summed E-state index contributed by atoms with van der Waals surface area (Å²) in [6.07, 6.45) is -0.296. The summed E-state index contributed by atoms with van der Waals surface area (Å²) in [5.74, 6) is -1.08. The Morgan fingerprint density at radius 2 is 1.74 bits per heavy atom. The monoisotopic (exact) mass is 273 g/mol. The summed E-state index contributed by atoms with van der Waals surface area (Å²) in [4.78, 5) is 24.5. The molecule has 1 saturated heterocycles. The molecule has 1 rings (SSSR count). The molecule has 0 aromatic heterocycles. The molecule has 0 spiro atoms. The fourth-order valence-corrected chi connectivity index (χ4v) is 1.99. The standard InChI is InChI=1S/C13H23NO5/c1-11(2,3)19-10(17)14-7-6-13(18,8-14)12(4,5)9(15)16/h18H,6-8H2,1-5H3,(H,15,16). The van der Waals surface area contributed by atoms with Crippen LogP contribution in [0.3, 0.4) is 0 Å². The van der Waals surface area contributed by atoms with Crippen LogP contribution in [0.25, 0.3) is 0 Å². The molecule has 1 unspecified atom stereocenters. The molecule has 6 heteroatoms. The van der Waals surface area contributed by atoms with E-state index in [2.05, 4.69) is 0 Å². The molecule has 19 heavy (non-hydrogen) atoms.